The lowest BCUT2D eigenvalue weighted by Gasteiger charge is -2.34. The molecule has 10 heteroatoms. The molecule has 10 nitrogen and oxygen atoms in total. The van der Waals surface area contributed by atoms with Crippen LogP contribution in [0.2, 0.25) is 0 Å². The number of likely N-dealkylation sites (N-methyl/N-ethyl adjacent to an activating group) is 1. The number of methoxy groups -OCH3 is 1. The maximum Gasteiger partial charge on any atom is 0.337 e. The van der Waals surface area contributed by atoms with Crippen molar-refractivity contribution in [2.24, 2.45) is 0 Å². The van der Waals surface area contributed by atoms with Gasteiger partial charge in [-0.2, -0.15) is 0 Å². The Morgan fingerprint density at radius 3 is 1.66 bits per heavy atom. The number of ether oxygens (including phenoxy) is 1. The Hall–Kier alpha value is -5.48. The maximum absolute atomic E-state index is 11.8. The first-order chi connectivity index (χ1) is 21.5. The van der Waals surface area contributed by atoms with Gasteiger partial charge < -0.3 is 29.5 Å². The number of rotatable bonds is 5. The van der Waals surface area contributed by atoms with Crippen molar-refractivity contribution in [1.82, 2.24) is 34.8 Å². The number of nitrogens with one attached hydrogen (secondary N) is 3. The van der Waals surface area contributed by atoms with Gasteiger partial charge in [-0.05, 0) is 73.8 Å². The normalized spacial score (nSPS) is 14.2. The van der Waals surface area contributed by atoms with E-state index < -0.39 is 0 Å². The van der Waals surface area contributed by atoms with Gasteiger partial charge in [0, 0.05) is 48.6 Å². The number of hydrogen-bond acceptors (Lipinski definition) is 7. The third-order valence-corrected chi connectivity index (χ3v) is 8.43. The van der Waals surface area contributed by atoms with Crippen LogP contribution in [-0.4, -0.2) is 81.1 Å². The van der Waals surface area contributed by atoms with Crippen LogP contribution in [0.5, 0.6) is 0 Å². The molecule has 7 aromatic rings. The van der Waals surface area contributed by atoms with E-state index in [1.807, 2.05) is 36.4 Å². The zero-order valence-electron chi connectivity index (χ0n) is 24.4. The largest absolute Gasteiger partial charge is 0.465 e. The first-order valence-electron chi connectivity index (χ1n) is 14.6. The van der Waals surface area contributed by atoms with E-state index in [2.05, 4.69) is 62.1 Å². The van der Waals surface area contributed by atoms with Gasteiger partial charge in [-0.25, -0.2) is 19.7 Å². The number of imidazole rings is 3. The number of esters is 1. The first-order valence-corrected chi connectivity index (χ1v) is 14.6. The molecule has 0 aliphatic carbocycles. The Bertz CT molecular complexity index is 2170. The summed E-state index contributed by atoms with van der Waals surface area (Å²) in [5.74, 6) is 1.96. The van der Waals surface area contributed by atoms with E-state index in [1.165, 1.54) is 12.8 Å². The smallest absolute Gasteiger partial charge is 0.337 e. The molecule has 0 unspecified atom stereocenters. The number of H-pyrrole nitrogens is 3. The minimum atomic E-state index is -0.364. The average molecular weight is 583 g/mol. The van der Waals surface area contributed by atoms with Crippen LogP contribution in [0, 0.1) is 0 Å². The summed E-state index contributed by atoms with van der Waals surface area (Å²) < 4.78 is 4.80. The molecule has 0 bridgehead atoms. The third kappa shape index (κ3) is 4.65. The molecule has 1 aliphatic rings. The van der Waals surface area contributed by atoms with Crippen LogP contribution in [-0.2, 0) is 4.74 Å². The number of benzene rings is 4. The Morgan fingerprint density at radius 2 is 1.11 bits per heavy atom. The van der Waals surface area contributed by atoms with Crippen molar-refractivity contribution in [2.75, 3.05) is 45.2 Å². The number of carbonyl (C=O) groups is 1. The molecule has 4 heterocycles. The number of aromatic nitrogens is 6. The molecule has 0 atom stereocenters. The fourth-order valence-corrected chi connectivity index (χ4v) is 5.85. The molecule has 0 amide bonds. The lowest BCUT2D eigenvalue weighted by atomic mass is 10.1. The molecule has 218 valence electrons. The summed E-state index contributed by atoms with van der Waals surface area (Å²) in [6.45, 7) is 4.19. The van der Waals surface area contributed by atoms with Crippen molar-refractivity contribution in [3.8, 4) is 34.2 Å². The highest BCUT2D eigenvalue weighted by molar-refractivity contribution is 5.91. The molecule has 0 saturated carbocycles. The van der Waals surface area contributed by atoms with E-state index in [0.717, 1.165) is 93.4 Å². The minimum Gasteiger partial charge on any atom is -0.465 e. The quantitative estimate of drug-likeness (QED) is 0.218. The zero-order valence-corrected chi connectivity index (χ0v) is 24.4. The molecule has 3 N–H and O–H groups in total. The van der Waals surface area contributed by atoms with Gasteiger partial charge in [-0.1, -0.05) is 12.1 Å². The van der Waals surface area contributed by atoms with Crippen molar-refractivity contribution in [1.29, 1.82) is 0 Å². The molecular weight excluding hydrogens is 552 g/mol. The van der Waals surface area contributed by atoms with Crippen LogP contribution in [0.3, 0.4) is 0 Å². The number of piperazine rings is 1. The molecule has 4 aromatic carbocycles. The minimum absolute atomic E-state index is 0.364. The highest BCUT2D eigenvalue weighted by atomic mass is 16.5. The van der Waals surface area contributed by atoms with Gasteiger partial charge in [0.25, 0.3) is 0 Å². The number of aromatic amines is 3. The standard InChI is InChI=1S/C34H30N8O2/c1-41-13-15-42(16-14-41)24-9-12-27-30(19-24)40-33(37-27)23-8-11-26-29(18-23)39-32(36-26)22-7-10-25-28(17-22)38-31(35-25)20-3-5-21(6-4-20)34(43)44-2/h3-12,17-19H,13-16H2,1-2H3,(H,35,38)(H,36,39)(H,37,40). The number of nitrogens with zero attached hydrogens (tertiary/aromatic N) is 5. The van der Waals surface area contributed by atoms with Gasteiger partial charge in [0.1, 0.15) is 17.5 Å². The Balaban J connectivity index is 1.06. The van der Waals surface area contributed by atoms with Crippen LogP contribution in [0.15, 0.2) is 78.9 Å². The summed E-state index contributed by atoms with van der Waals surface area (Å²) in [5, 5.41) is 0. The van der Waals surface area contributed by atoms with E-state index in [9.17, 15) is 4.79 Å². The summed E-state index contributed by atoms with van der Waals surface area (Å²) in [5.41, 5.74) is 10.1. The fraction of sp³-hybridized carbons (Fsp3) is 0.176. The van der Waals surface area contributed by atoms with Gasteiger partial charge >= 0.3 is 5.97 Å². The Labute approximate surface area is 252 Å². The van der Waals surface area contributed by atoms with Crippen molar-refractivity contribution >= 4 is 44.8 Å². The topological polar surface area (TPSA) is 119 Å². The summed E-state index contributed by atoms with van der Waals surface area (Å²) in [6.07, 6.45) is 0. The van der Waals surface area contributed by atoms with E-state index in [1.54, 1.807) is 12.1 Å². The van der Waals surface area contributed by atoms with Crippen LogP contribution in [0.4, 0.5) is 5.69 Å². The Morgan fingerprint density at radius 1 is 0.636 bits per heavy atom. The molecule has 44 heavy (non-hydrogen) atoms. The zero-order chi connectivity index (χ0) is 29.8. The van der Waals surface area contributed by atoms with Gasteiger partial charge in [0.2, 0.25) is 0 Å². The summed E-state index contributed by atoms with van der Waals surface area (Å²) in [7, 11) is 3.54. The van der Waals surface area contributed by atoms with Crippen LogP contribution < -0.4 is 4.90 Å². The monoisotopic (exact) mass is 582 g/mol. The van der Waals surface area contributed by atoms with Gasteiger partial charge in [0.15, 0.2) is 0 Å². The van der Waals surface area contributed by atoms with Crippen molar-refractivity contribution < 1.29 is 9.53 Å². The second kappa shape index (κ2) is 10.4. The lowest BCUT2D eigenvalue weighted by molar-refractivity contribution is 0.0600. The van der Waals surface area contributed by atoms with Crippen molar-refractivity contribution in [3.63, 3.8) is 0 Å². The highest BCUT2D eigenvalue weighted by Crippen LogP contribution is 2.30. The van der Waals surface area contributed by atoms with E-state index in [-0.39, 0.29) is 5.97 Å². The fourth-order valence-electron chi connectivity index (χ4n) is 5.85. The number of hydrogen-bond donors (Lipinski definition) is 3. The lowest BCUT2D eigenvalue weighted by Crippen LogP contribution is -2.44. The first kappa shape index (κ1) is 26.2. The summed E-state index contributed by atoms with van der Waals surface area (Å²) >= 11 is 0. The molecule has 1 saturated heterocycles. The van der Waals surface area contributed by atoms with Crippen LogP contribution >= 0.6 is 0 Å². The van der Waals surface area contributed by atoms with Gasteiger partial charge in [0.05, 0.1) is 45.8 Å². The molecule has 3 aromatic heterocycles. The second-order valence-electron chi connectivity index (χ2n) is 11.3. The van der Waals surface area contributed by atoms with Gasteiger partial charge in [-0.15, -0.1) is 0 Å². The molecule has 0 radical (unpaired) electrons. The molecule has 0 spiro atoms. The SMILES string of the molecule is COC(=O)c1ccc(-c2nc3cc(-c4nc5cc(-c6nc7cc(N8CCN(C)CC8)ccc7[nH]6)ccc5[nH]4)ccc3[nH]2)cc1. The van der Waals surface area contributed by atoms with Crippen molar-refractivity contribution in [3.05, 3.63) is 84.4 Å². The number of carbonyl (C=O) groups excluding carboxylic acids is 1. The van der Waals surface area contributed by atoms with E-state index in [4.69, 9.17) is 19.7 Å². The van der Waals surface area contributed by atoms with E-state index in [0.29, 0.717) is 5.56 Å². The van der Waals surface area contributed by atoms with Crippen LogP contribution in [0.1, 0.15) is 10.4 Å². The second-order valence-corrected chi connectivity index (χ2v) is 11.3. The maximum atomic E-state index is 11.8. The predicted molar refractivity (Wildman–Crippen MR) is 173 cm³/mol. The Kier molecular flexibility index (Phi) is 6.16. The predicted octanol–water partition coefficient (Wildman–Crippen LogP) is 5.85. The van der Waals surface area contributed by atoms with Gasteiger partial charge in [-0.3, -0.25) is 0 Å². The molecule has 1 fully saturated rings. The number of anilines is 1. The van der Waals surface area contributed by atoms with Crippen LogP contribution in [0.25, 0.3) is 67.3 Å². The summed E-state index contributed by atoms with van der Waals surface area (Å²) in [6, 6.07) is 25.9. The van der Waals surface area contributed by atoms with E-state index >= 15 is 0 Å². The molecule has 8 rings (SSSR count). The number of fused-ring (bicyclic) bond motifs is 3. The highest BCUT2D eigenvalue weighted by Gasteiger charge is 2.16. The molecule has 1 aliphatic heterocycles. The van der Waals surface area contributed by atoms with Crippen molar-refractivity contribution in [2.45, 2.75) is 0 Å². The third-order valence-electron chi connectivity index (χ3n) is 8.43. The summed E-state index contributed by atoms with van der Waals surface area (Å²) in [4.78, 5) is 41.5. The molecular formula is C34H30N8O2. The average Bonchev–Trinajstić information content (AvgIpc) is 3.80.